The number of nitrogens with one attached hydrogen (secondary N) is 1. The van der Waals surface area contributed by atoms with E-state index in [9.17, 15) is 27.7 Å². The van der Waals surface area contributed by atoms with Gasteiger partial charge in [-0.15, -0.1) is 11.3 Å². The van der Waals surface area contributed by atoms with Crippen LogP contribution in [0.1, 0.15) is 54.1 Å². The molecule has 2 saturated heterocycles. The molecule has 2 aliphatic heterocycles. The second kappa shape index (κ2) is 12.7. The number of benzene rings is 2. The van der Waals surface area contributed by atoms with Crippen LogP contribution in [-0.2, 0) is 24.6 Å². The zero-order valence-electron chi connectivity index (χ0n) is 25.6. The van der Waals surface area contributed by atoms with Crippen molar-refractivity contribution in [2.45, 2.75) is 57.1 Å². The standard InChI is InChI=1S/C31H37F2N4O7PS/c1-30(2,3)26(35-27(38)25-14-19-13-20(9-10-24(19)46-25)31(32,33)45(41,42)43)29(40)37-16-21(34)15-22(37)28(39)36-11-12-44-23(17-36)18-7-5-4-6-8-18/h4-10,13-14,21-23,26H,11-12,15-17,34H2,1-3H3,(H,35,38)(H2,41,42,43)/t21-,22-,23?,26?/m0/s1. The summed E-state index contributed by atoms with van der Waals surface area (Å²) in [5.74, 6) is -1.34. The van der Waals surface area contributed by atoms with Crippen LogP contribution in [0.5, 0.6) is 0 Å². The van der Waals surface area contributed by atoms with Crippen LogP contribution in [0.15, 0.2) is 54.6 Å². The molecule has 15 heteroatoms. The molecule has 3 heterocycles. The molecule has 2 unspecified atom stereocenters. The summed E-state index contributed by atoms with van der Waals surface area (Å²) in [6, 6.07) is 11.7. The summed E-state index contributed by atoms with van der Waals surface area (Å²) >= 11 is 0.983. The number of ether oxygens (including phenoxy) is 1. The molecule has 3 aromatic rings. The molecule has 4 atom stereocenters. The van der Waals surface area contributed by atoms with E-state index in [1.54, 1.807) is 25.7 Å². The first-order valence-corrected chi connectivity index (χ1v) is 17.2. The maximum absolute atomic E-state index is 14.3. The third-order valence-corrected chi connectivity index (χ3v) is 10.4. The van der Waals surface area contributed by atoms with Crippen molar-refractivity contribution in [2.75, 3.05) is 26.2 Å². The lowest BCUT2D eigenvalue weighted by molar-refractivity contribution is -0.150. The fourth-order valence-corrected chi connectivity index (χ4v) is 7.22. The largest absolute Gasteiger partial charge is 0.399 e. The Morgan fingerprint density at radius 2 is 1.78 bits per heavy atom. The van der Waals surface area contributed by atoms with Crippen molar-refractivity contribution in [2.24, 2.45) is 11.1 Å². The summed E-state index contributed by atoms with van der Waals surface area (Å²) < 4.78 is 46.3. The van der Waals surface area contributed by atoms with E-state index in [4.69, 9.17) is 20.3 Å². The topological polar surface area (TPSA) is 162 Å². The minimum absolute atomic E-state index is 0.111. The van der Waals surface area contributed by atoms with E-state index in [-0.39, 0.29) is 35.2 Å². The van der Waals surface area contributed by atoms with Crippen molar-refractivity contribution < 1.29 is 42.3 Å². The number of hydrogen-bond donors (Lipinski definition) is 4. The van der Waals surface area contributed by atoms with Crippen molar-refractivity contribution in [3.8, 4) is 0 Å². The minimum Gasteiger partial charge on any atom is -0.370 e. The van der Waals surface area contributed by atoms with Crippen molar-refractivity contribution in [1.29, 1.82) is 0 Å². The predicted octanol–water partition coefficient (Wildman–Crippen LogP) is 3.80. The average molecular weight is 679 g/mol. The highest BCUT2D eigenvalue weighted by Gasteiger charge is 2.50. The molecule has 2 aliphatic rings. The smallest absolute Gasteiger partial charge is 0.370 e. The van der Waals surface area contributed by atoms with Crippen molar-refractivity contribution in [3.05, 3.63) is 70.6 Å². The number of nitrogens with two attached hydrogens (primary N) is 1. The van der Waals surface area contributed by atoms with Gasteiger partial charge in [0, 0.05) is 29.4 Å². The van der Waals surface area contributed by atoms with Crippen LogP contribution < -0.4 is 11.1 Å². The number of carbonyl (C=O) groups is 3. The van der Waals surface area contributed by atoms with Crippen LogP contribution >= 0.6 is 18.9 Å². The third-order valence-electron chi connectivity index (χ3n) is 8.29. The number of amides is 3. The molecule has 0 radical (unpaired) electrons. The number of nitrogens with zero attached hydrogens (tertiary/aromatic N) is 2. The van der Waals surface area contributed by atoms with Crippen molar-refractivity contribution in [3.63, 3.8) is 0 Å². The SMILES string of the molecule is CC(C)(C)C(NC(=O)c1cc2cc(C(F)(F)P(=O)(O)O)ccc2s1)C(=O)N1C[C@@H](N)C[C@H]1C(=O)N1CCOC(c2ccccc2)C1. The molecule has 0 spiro atoms. The summed E-state index contributed by atoms with van der Waals surface area (Å²) in [6.07, 6.45) is -0.0409. The first-order chi connectivity index (χ1) is 21.5. The number of carbonyl (C=O) groups excluding carboxylic acids is 3. The summed E-state index contributed by atoms with van der Waals surface area (Å²) in [5.41, 5.74) is 1.15. The predicted molar refractivity (Wildman–Crippen MR) is 168 cm³/mol. The van der Waals surface area contributed by atoms with E-state index in [0.29, 0.717) is 24.4 Å². The quantitative estimate of drug-likeness (QED) is 0.275. The number of morpholine rings is 1. The maximum atomic E-state index is 14.3. The lowest BCUT2D eigenvalue weighted by Crippen LogP contribution is -2.58. The Morgan fingerprint density at radius 3 is 2.43 bits per heavy atom. The highest BCUT2D eigenvalue weighted by Crippen LogP contribution is 2.59. The Bertz CT molecular complexity index is 1680. The van der Waals surface area contributed by atoms with Gasteiger partial charge in [0.05, 0.1) is 18.0 Å². The first-order valence-electron chi connectivity index (χ1n) is 14.8. The zero-order chi connectivity index (χ0) is 33.6. The second-order valence-electron chi connectivity index (χ2n) is 12.8. The van der Waals surface area contributed by atoms with Crippen LogP contribution in [0.3, 0.4) is 0 Å². The number of rotatable bonds is 7. The molecule has 46 heavy (non-hydrogen) atoms. The van der Waals surface area contributed by atoms with E-state index in [1.807, 2.05) is 30.3 Å². The summed E-state index contributed by atoms with van der Waals surface area (Å²) in [7, 11) is -5.78. The number of thiophene rings is 1. The number of fused-ring (bicyclic) bond motifs is 1. The molecule has 0 bridgehead atoms. The van der Waals surface area contributed by atoms with E-state index >= 15 is 0 Å². The molecule has 248 valence electrons. The van der Waals surface area contributed by atoms with Gasteiger partial charge in [0.25, 0.3) is 5.91 Å². The maximum Gasteiger partial charge on any atom is 0.399 e. The Morgan fingerprint density at radius 1 is 1.09 bits per heavy atom. The highest BCUT2D eigenvalue weighted by molar-refractivity contribution is 7.52. The van der Waals surface area contributed by atoms with Crippen molar-refractivity contribution in [1.82, 2.24) is 15.1 Å². The summed E-state index contributed by atoms with van der Waals surface area (Å²) in [4.78, 5) is 62.9. The van der Waals surface area contributed by atoms with Gasteiger partial charge in [0.15, 0.2) is 0 Å². The molecule has 3 amide bonds. The lowest BCUT2D eigenvalue weighted by atomic mass is 9.85. The van der Waals surface area contributed by atoms with E-state index in [0.717, 1.165) is 29.0 Å². The van der Waals surface area contributed by atoms with Gasteiger partial charge in [-0.05, 0) is 41.0 Å². The van der Waals surface area contributed by atoms with Gasteiger partial charge in [-0.2, -0.15) is 8.78 Å². The molecule has 0 aliphatic carbocycles. The van der Waals surface area contributed by atoms with E-state index < -0.39 is 54.2 Å². The van der Waals surface area contributed by atoms with Crippen LogP contribution in [0.25, 0.3) is 10.1 Å². The van der Waals surface area contributed by atoms with E-state index in [1.165, 1.54) is 17.0 Å². The van der Waals surface area contributed by atoms with Gasteiger partial charge < -0.3 is 35.4 Å². The average Bonchev–Trinajstić information content (AvgIpc) is 3.61. The van der Waals surface area contributed by atoms with Crippen LogP contribution in [0.4, 0.5) is 8.78 Å². The Hall–Kier alpha value is -3.26. The number of hydrogen-bond acceptors (Lipinski definition) is 7. The van der Waals surface area contributed by atoms with E-state index in [2.05, 4.69) is 5.32 Å². The number of likely N-dealkylation sites (tertiary alicyclic amines) is 1. The number of alkyl halides is 2. The molecular formula is C31H37F2N4O7PS. The Labute approximate surface area is 268 Å². The van der Waals surface area contributed by atoms with Crippen molar-refractivity contribution >= 4 is 46.7 Å². The van der Waals surface area contributed by atoms with Gasteiger partial charge in [-0.25, -0.2) is 0 Å². The Kier molecular flexibility index (Phi) is 9.44. The molecular weight excluding hydrogens is 641 g/mol. The lowest BCUT2D eigenvalue weighted by Gasteiger charge is -2.38. The van der Waals surface area contributed by atoms with Gasteiger partial charge in [-0.3, -0.25) is 18.9 Å². The molecule has 0 saturated carbocycles. The highest BCUT2D eigenvalue weighted by atomic mass is 32.1. The molecule has 11 nitrogen and oxygen atoms in total. The fraction of sp³-hybridized carbons (Fsp3) is 0.452. The normalized spacial score (nSPS) is 21.8. The molecule has 1 aromatic heterocycles. The first kappa shape index (κ1) is 34.1. The molecule has 2 aromatic carbocycles. The van der Waals surface area contributed by atoms with Crippen LogP contribution in [0, 0.1) is 5.41 Å². The van der Waals surface area contributed by atoms with Gasteiger partial charge in [0.2, 0.25) is 11.8 Å². The summed E-state index contributed by atoms with van der Waals surface area (Å²) in [5, 5.41) is 2.97. The fourth-order valence-electron chi connectivity index (χ4n) is 5.80. The second-order valence-corrected chi connectivity index (χ2v) is 15.5. The third kappa shape index (κ3) is 6.87. The molecule has 2 fully saturated rings. The van der Waals surface area contributed by atoms with Gasteiger partial charge in [0.1, 0.15) is 18.2 Å². The number of halogens is 2. The van der Waals surface area contributed by atoms with Gasteiger partial charge in [-0.1, -0.05) is 57.2 Å². The van der Waals surface area contributed by atoms with Gasteiger partial charge >= 0.3 is 13.3 Å². The Balaban J connectivity index is 1.35. The molecule has 5 rings (SSSR count). The molecule has 5 N–H and O–H groups in total. The van der Waals surface area contributed by atoms with Crippen LogP contribution in [0.2, 0.25) is 0 Å². The monoisotopic (exact) mass is 678 g/mol. The summed E-state index contributed by atoms with van der Waals surface area (Å²) in [6.45, 7) is 6.48. The minimum atomic E-state index is -5.78. The zero-order valence-corrected chi connectivity index (χ0v) is 27.3. The van der Waals surface area contributed by atoms with Crippen LogP contribution in [-0.4, -0.2) is 81.7 Å².